The molecule has 3 N–H and O–H groups in total. The fourth-order valence-corrected chi connectivity index (χ4v) is 2.22. The van der Waals surface area contributed by atoms with Gasteiger partial charge in [-0.25, -0.2) is 8.78 Å². The monoisotopic (exact) mass is 325 g/mol. The number of amides is 3. The summed E-state index contributed by atoms with van der Waals surface area (Å²) < 4.78 is 25.8. The zero-order valence-electron chi connectivity index (χ0n) is 12.3. The zero-order valence-corrected chi connectivity index (χ0v) is 12.3. The highest BCUT2D eigenvalue weighted by molar-refractivity contribution is 5.97. The first kappa shape index (κ1) is 16.9. The van der Waals surface area contributed by atoms with Gasteiger partial charge in [0, 0.05) is 12.1 Å². The summed E-state index contributed by atoms with van der Waals surface area (Å²) in [7, 11) is 0. The number of nitrogens with one attached hydrogen (secondary N) is 3. The van der Waals surface area contributed by atoms with E-state index in [-0.39, 0.29) is 18.0 Å². The van der Waals surface area contributed by atoms with Gasteiger partial charge in [-0.05, 0) is 37.5 Å². The highest BCUT2D eigenvalue weighted by atomic mass is 19.2. The molecule has 6 nitrogen and oxygen atoms in total. The second-order valence-corrected chi connectivity index (χ2v) is 5.22. The maximum atomic E-state index is 13.1. The number of carbonyl (C=O) groups is 3. The molecule has 0 aromatic heterocycles. The Kier molecular flexibility index (Phi) is 5.61. The van der Waals surface area contributed by atoms with E-state index in [1.807, 2.05) is 0 Å². The molecular weight excluding hydrogens is 308 g/mol. The first-order valence-electron chi connectivity index (χ1n) is 7.27. The van der Waals surface area contributed by atoms with Crippen LogP contribution in [0, 0.1) is 11.6 Å². The Balaban J connectivity index is 1.84. The lowest BCUT2D eigenvalue weighted by molar-refractivity contribution is -0.128. The van der Waals surface area contributed by atoms with Crippen LogP contribution in [0.5, 0.6) is 0 Å². The second kappa shape index (κ2) is 7.66. The molecule has 1 heterocycles. The Hall–Kier alpha value is -2.51. The van der Waals surface area contributed by atoms with Gasteiger partial charge in [-0.15, -0.1) is 0 Å². The first-order valence-corrected chi connectivity index (χ1v) is 7.27. The number of carbonyl (C=O) groups excluding carboxylic acids is 3. The summed E-state index contributed by atoms with van der Waals surface area (Å²) in [6.45, 7) is 0.222. The molecule has 1 aromatic rings. The van der Waals surface area contributed by atoms with Gasteiger partial charge in [0.05, 0.1) is 6.54 Å². The van der Waals surface area contributed by atoms with Crippen LogP contribution in [0.4, 0.5) is 8.78 Å². The Bertz CT molecular complexity index is 622. The summed E-state index contributed by atoms with van der Waals surface area (Å²) in [5, 5.41) is 7.51. The molecule has 1 saturated heterocycles. The number of benzene rings is 1. The van der Waals surface area contributed by atoms with Gasteiger partial charge >= 0.3 is 0 Å². The average Bonchev–Trinajstić information content (AvgIpc) is 2.72. The molecule has 3 amide bonds. The summed E-state index contributed by atoms with van der Waals surface area (Å²) in [4.78, 5) is 35.2. The fourth-order valence-electron chi connectivity index (χ4n) is 2.22. The summed E-state index contributed by atoms with van der Waals surface area (Å²) in [6, 6.07) is 2.08. The van der Waals surface area contributed by atoms with Gasteiger partial charge < -0.3 is 16.0 Å². The van der Waals surface area contributed by atoms with Gasteiger partial charge in [-0.3, -0.25) is 14.4 Å². The standard InChI is InChI=1S/C15H17F2N3O3/c16-10-5-4-9(7-11(10)17)14(22)19-8-13(21)20-12-3-1-2-6-18-15(12)23/h4-5,7,12H,1-3,6,8H2,(H,18,23)(H,19,22)(H,20,21). The Morgan fingerprint density at radius 3 is 2.74 bits per heavy atom. The van der Waals surface area contributed by atoms with Gasteiger partial charge in [0.2, 0.25) is 11.8 Å². The van der Waals surface area contributed by atoms with E-state index < -0.39 is 29.5 Å². The minimum absolute atomic E-state index is 0.0936. The fraction of sp³-hybridized carbons (Fsp3) is 0.400. The third kappa shape index (κ3) is 4.73. The summed E-state index contributed by atoms with van der Waals surface area (Å²) in [5.74, 6) is -3.67. The molecule has 8 heteroatoms. The van der Waals surface area contributed by atoms with Crippen LogP contribution >= 0.6 is 0 Å². The van der Waals surface area contributed by atoms with Crippen molar-refractivity contribution in [1.29, 1.82) is 0 Å². The van der Waals surface area contributed by atoms with Crippen LogP contribution in [-0.4, -0.2) is 36.9 Å². The maximum absolute atomic E-state index is 13.1. The molecule has 0 radical (unpaired) electrons. The number of hydrogen-bond acceptors (Lipinski definition) is 3. The molecular formula is C15H17F2N3O3. The van der Waals surface area contributed by atoms with Gasteiger partial charge in [-0.1, -0.05) is 0 Å². The molecule has 2 rings (SSSR count). The third-order valence-electron chi connectivity index (χ3n) is 3.46. The molecule has 23 heavy (non-hydrogen) atoms. The van der Waals surface area contributed by atoms with E-state index in [1.54, 1.807) is 0 Å². The highest BCUT2D eigenvalue weighted by Gasteiger charge is 2.22. The quantitative estimate of drug-likeness (QED) is 0.752. The van der Waals surface area contributed by atoms with E-state index in [2.05, 4.69) is 16.0 Å². The van der Waals surface area contributed by atoms with Crippen LogP contribution in [0.1, 0.15) is 29.6 Å². The van der Waals surface area contributed by atoms with E-state index in [9.17, 15) is 23.2 Å². The van der Waals surface area contributed by atoms with Crippen molar-refractivity contribution in [2.75, 3.05) is 13.1 Å². The smallest absolute Gasteiger partial charge is 0.251 e. The molecule has 1 fully saturated rings. The minimum atomic E-state index is -1.14. The van der Waals surface area contributed by atoms with E-state index in [1.165, 1.54) is 0 Å². The first-order chi connectivity index (χ1) is 11.0. The lowest BCUT2D eigenvalue weighted by Crippen LogP contribution is -2.48. The number of halogens is 2. The predicted molar refractivity (Wildman–Crippen MR) is 77.5 cm³/mol. The Morgan fingerprint density at radius 1 is 1.22 bits per heavy atom. The van der Waals surface area contributed by atoms with Crippen LogP contribution in [0.25, 0.3) is 0 Å². The van der Waals surface area contributed by atoms with E-state index in [4.69, 9.17) is 0 Å². The zero-order chi connectivity index (χ0) is 16.8. The lowest BCUT2D eigenvalue weighted by Gasteiger charge is -2.15. The third-order valence-corrected chi connectivity index (χ3v) is 3.46. The molecule has 1 unspecified atom stereocenters. The van der Waals surface area contributed by atoms with Crippen molar-refractivity contribution in [2.24, 2.45) is 0 Å². The van der Waals surface area contributed by atoms with Crippen molar-refractivity contribution >= 4 is 17.7 Å². The molecule has 0 bridgehead atoms. The van der Waals surface area contributed by atoms with Crippen LogP contribution < -0.4 is 16.0 Å². The van der Waals surface area contributed by atoms with Gasteiger partial charge in [0.15, 0.2) is 11.6 Å². The highest BCUT2D eigenvalue weighted by Crippen LogP contribution is 2.08. The van der Waals surface area contributed by atoms with Crippen molar-refractivity contribution < 1.29 is 23.2 Å². The van der Waals surface area contributed by atoms with Crippen molar-refractivity contribution in [2.45, 2.75) is 25.3 Å². The van der Waals surface area contributed by atoms with E-state index in [0.29, 0.717) is 13.0 Å². The summed E-state index contributed by atoms with van der Waals surface area (Å²) >= 11 is 0. The number of hydrogen-bond donors (Lipinski definition) is 3. The molecule has 1 aliphatic rings. The Labute approximate surface area is 131 Å². The average molecular weight is 325 g/mol. The van der Waals surface area contributed by atoms with Gasteiger partial charge in [0.25, 0.3) is 5.91 Å². The topological polar surface area (TPSA) is 87.3 Å². The van der Waals surface area contributed by atoms with Crippen LogP contribution in [0.15, 0.2) is 18.2 Å². The van der Waals surface area contributed by atoms with Crippen molar-refractivity contribution in [3.63, 3.8) is 0 Å². The SMILES string of the molecule is O=C(CNC(=O)c1ccc(F)c(F)c1)NC1CCCCNC1=O. The lowest BCUT2D eigenvalue weighted by atomic mass is 10.1. The van der Waals surface area contributed by atoms with Crippen LogP contribution in [0.2, 0.25) is 0 Å². The van der Waals surface area contributed by atoms with Crippen LogP contribution in [-0.2, 0) is 9.59 Å². The molecule has 0 saturated carbocycles. The summed E-state index contributed by atoms with van der Waals surface area (Å²) in [5.41, 5.74) is -0.0936. The Morgan fingerprint density at radius 2 is 2.00 bits per heavy atom. The maximum Gasteiger partial charge on any atom is 0.251 e. The van der Waals surface area contributed by atoms with Crippen LogP contribution in [0.3, 0.4) is 0 Å². The molecule has 1 atom stereocenters. The molecule has 1 aliphatic heterocycles. The van der Waals surface area contributed by atoms with Crippen molar-refractivity contribution in [3.05, 3.63) is 35.4 Å². The van der Waals surface area contributed by atoms with Gasteiger partial charge in [-0.2, -0.15) is 0 Å². The van der Waals surface area contributed by atoms with E-state index in [0.717, 1.165) is 31.0 Å². The predicted octanol–water partition coefficient (Wildman–Crippen LogP) is 0.480. The molecule has 124 valence electrons. The molecule has 1 aromatic carbocycles. The van der Waals surface area contributed by atoms with E-state index >= 15 is 0 Å². The number of rotatable bonds is 4. The van der Waals surface area contributed by atoms with Crippen molar-refractivity contribution in [3.8, 4) is 0 Å². The molecule has 0 spiro atoms. The van der Waals surface area contributed by atoms with Crippen molar-refractivity contribution in [1.82, 2.24) is 16.0 Å². The normalized spacial score (nSPS) is 17.8. The second-order valence-electron chi connectivity index (χ2n) is 5.22. The summed E-state index contributed by atoms with van der Waals surface area (Å²) in [6.07, 6.45) is 2.20. The van der Waals surface area contributed by atoms with Gasteiger partial charge in [0.1, 0.15) is 6.04 Å². The largest absolute Gasteiger partial charge is 0.354 e. The molecule has 0 aliphatic carbocycles. The minimum Gasteiger partial charge on any atom is -0.354 e.